The van der Waals surface area contributed by atoms with Gasteiger partial charge in [0.15, 0.2) is 0 Å². The summed E-state index contributed by atoms with van der Waals surface area (Å²) < 4.78 is 33.3. The first-order chi connectivity index (χ1) is 13.8. The van der Waals surface area contributed by atoms with Crippen molar-refractivity contribution < 1.29 is 17.9 Å². The number of benzene rings is 1. The van der Waals surface area contributed by atoms with Crippen LogP contribution in [-0.2, 0) is 14.8 Å². The van der Waals surface area contributed by atoms with Gasteiger partial charge in [0, 0.05) is 19.1 Å². The lowest BCUT2D eigenvalue weighted by atomic mass is 9.97. The largest absolute Gasteiger partial charge is 0.494 e. The number of aryl methyl sites for hydroxylation is 1. The lowest BCUT2D eigenvalue weighted by Crippen LogP contribution is -2.49. The van der Waals surface area contributed by atoms with E-state index in [-0.39, 0.29) is 29.3 Å². The molecule has 2 aliphatic rings. The Kier molecular flexibility index (Phi) is 7.19. The fourth-order valence-corrected chi connectivity index (χ4v) is 5.71. The second kappa shape index (κ2) is 9.45. The Bertz CT molecular complexity index is 819. The molecule has 0 bridgehead atoms. The summed E-state index contributed by atoms with van der Waals surface area (Å²) in [5, 5.41) is 3.15. The van der Waals surface area contributed by atoms with E-state index < -0.39 is 10.0 Å². The van der Waals surface area contributed by atoms with Crippen molar-refractivity contribution in [1.29, 1.82) is 0 Å². The molecule has 0 aliphatic carbocycles. The van der Waals surface area contributed by atoms with Crippen LogP contribution in [0.15, 0.2) is 23.1 Å². The minimum absolute atomic E-state index is 0.0117. The lowest BCUT2D eigenvalue weighted by Gasteiger charge is -2.34. The number of nitrogens with one attached hydrogen (secondary N) is 1. The predicted molar refractivity (Wildman–Crippen MR) is 112 cm³/mol. The predicted octanol–water partition coefficient (Wildman–Crippen LogP) is 2.00. The minimum Gasteiger partial charge on any atom is -0.494 e. The molecular weight excluding hydrogens is 390 g/mol. The number of ether oxygens (including phenoxy) is 1. The fourth-order valence-electron chi connectivity index (χ4n) is 4.10. The second-order valence-corrected chi connectivity index (χ2v) is 10.1. The Labute approximate surface area is 174 Å². The lowest BCUT2D eigenvalue weighted by molar-refractivity contribution is -0.127. The Morgan fingerprint density at radius 1 is 1.21 bits per heavy atom. The molecule has 0 spiro atoms. The minimum atomic E-state index is -3.63. The number of hydrogen-bond donors (Lipinski definition) is 1. The van der Waals surface area contributed by atoms with E-state index in [2.05, 4.69) is 17.3 Å². The Morgan fingerprint density at radius 2 is 1.93 bits per heavy atom. The molecule has 2 aliphatic heterocycles. The zero-order valence-electron chi connectivity index (χ0n) is 17.7. The zero-order chi connectivity index (χ0) is 21.0. The van der Waals surface area contributed by atoms with Crippen LogP contribution in [0.1, 0.15) is 38.2 Å². The first-order valence-electron chi connectivity index (χ1n) is 10.5. The van der Waals surface area contributed by atoms with Gasteiger partial charge in [-0.2, -0.15) is 4.31 Å². The summed E-state index contributed by atoms with van der Waals surface area (Å²) >= 11 is 0. The van der Waals surface area contributed by atoms with Gasteiger partial charge in [-0.1, -0.05) is 0 Å². The average molecular weight is 424 g/mol. The number of sulfonamides is 1. The maximum absolute atomic E-state index is 13.2. The highest BCUT2D eigenvalue weighted by Gasteiger charge is 2.34. The normalized spacial score (nSPS) is 22.4. The van der Waals surface area contributed by atoms with E-state index in [0.29, 0.717) is 25.3 Å². The smallest absolute Gasteiger partial charge is 0.243 e. The molecule has 1 amide bonds. The number of piperidine rings is 2. The fraction of sp³-hybridized carbons (Fsp3) is 0.667. The number of nitrogens with zero attached hydrogens (tertiary/aromatic N) is 2. The summed E-state index contributed by atoms with van der Waals surface area (Å²) in [6, 6.07) is 5.15. The van der Waals surface area contributed by atoms with Gasteiger partial charge in [0.25, 0.3) is 0 Å². The molecule has 0 radical (unpaired) electrons. The van der Waals surface area contributed by atoms with E-state index in [1.807, 2.05) is 13.8 Å². The van der Waals surface area contributed by atoms with Gasteiger partial charge in [-0.15, -0.1) is 0 Å². The molecule has 2 heterocycles. The third-order valence-electron chi connectivity index (χ3n) is 5.90. The molecule has 8 heteroatoms. The van der Waals surface area contributed by atoms with Gasteiger partial charge in [0.2, 0.25) is 15.9 Å². The number of amides is 1. The van der Waals surface area contributed by atoms with E-state index in [4.69, 9.17) is 4.74 Å². The average Bonchev–Trinajstić information content (AvgIpc) is 2.71. The van der Waals surface area contributed by atoms with Gasteiger partial charge in [-0.25, -0.2) is 8.42 Å². The third-order valence-corrected chi connectivity index (χ3v) is 7.77. The standard InChI is InChI=1S/C21H33N3O4S/c1-4-28-20-8-7-19(14-16(20)2)29(26,27)24-11-5-6-17(15-24)21(25)22-18-9-12-23(3)13-10-18/h7-8,14,17-18H,4-6,9-13,15H2,1-3H3,(H,22,25)/t17-/m1/s1. The summed E-state index contributed by atoms with van der Waals surface area (Å²) in [6.07, 6.45) is 3.32. The molecule has 1 aromatic carbocycles. The van der Waals surface area contributed by atoms with Gasteiger partial charge < -0.3 is 15.0 Å². The molecule has 162 valence electrons. The van der Waals surface area contributed by atoms with Gasteiger partial charge in [0.05, 0.1) is 17.4 Å². The van der Waals surface area contributed by atoms with Gasteiger partial charge in [0.1, 0.15) is 5.75 Å². The topological polar surface area (TPSA) is 79.0 Å². The van der Waals surface area contributed by atoms with E-state index >= 15 is 0 Å². The van der Waals surface area contributed by atoms with E-state index in [1.165, 1.54) is 4.31 Å². The second-order valence-electron chi connectivity index (χ2n) is 8.15. The summed E-state index contributed by atoms with van der Waals surface area (Å²) in [5.41, 5.74) is 0.793. The van der Waals surface area contributed by atoms with Crippen LogP contribution in [0, 0.1) is 12.8 Å². The highest BCUT2D eigenvalue weighted by Crippen LogP contribution is 2.27. The molecular formula is C21H33N3O4S. The van der Waals surface area contributed by atoms with Crippen LogP contribution in [0.5, 0.6) is 5.75 Å². The van der Waals surface area contributed by atoms with Gasteiger partial charge >= 0.3 is 0 Å². The quantitative estimate of drug-likeness (QED) is 0.757. The monoisotopic (exact) mass is 423 g/mol. The van der Waals surface area contributed by atoms with Crippen LogP contribution in [0.2, 0.25) is 0 Å². The highest BCUT2D eigenvalue weighted by atomic mass is 32.2. The van der Waals surface area contributed by atoms with Crippen LogP contribution >= 0.6 is 0 Å². The molecule has 0 unspecified atom stereocenters. The van der Waals surface area contributed by atoms with Crippen molar-refractivity contribution in [2.75, 3.05) is 39.8 Å². The third kappa shape index (κ3) is 5.29. The van der Waals surface area contributed by atoms with E-state index in [9.17, 15) is 13.2 Å². The zero-order valence-corrected chi connectivity index (χ0v) is 18.5. The summed E-state index contributed by atoms with van der Waals surface area (Å²) in [7, 11) is -1.54. The van der Waals surface area contributed by atoms with Crippen molar-refractivity contribution in [3.8, 4) is 5.75 Å². The molecule has 29 heavy (non-hydrogen) atoms. The van der Waals surface area contributed by atoms with Crippen molar-refractivity contribution in [1.82, 2.24) is 14.5 Å². The van der Waals surface area contributed by atoms with Crippen molar-refractivity contribution >= 4 is 15.9 Å². The van der Waals surface area contributed by atoms with Crippen LogP contribution in [0.25, 0.3) is 0 Å². The molecule has 2 saturated heterocycles. The number of carbonyl (C=O) groups excluding carboxylic acids is 1. The molecule has 0 saturated carbocycles. The van der Waals surface area contributed by atoms with Crippen LogP contribution in [-0.4, -0.2) is 69.4 Å². The Balaban J connectivity index is 1.66. The van der Waals surface area contributed by atoms with Crippen molar-refractivity contribution in [3.05, 3.63) is 23.8 Å². The summed E-state index contributed by atoms with van der Waals surface area (Å²) in [5.74, 6) is 0.393. The van der Waals surface area contributed by atoms with E-state index in [0.717, 1.165) is 37.9 Å². The Morgan fingerprint density at radius 3 is 2.59 bits per heavy atom. The number of likely N-dealkylation sites (tertiary alicyclic amines) is 1. The molecule has 7 nitrogen and oxygen atoms in total. The maximum Gasteiger partial charge on any atom is 0.243 e. The van der Waals surface area contributed by atoms with Crippen molar-refractivity contribution in [2.45, 2.75) is 50.5 Å². The molecule has 1 N–H and O–H groups in total. The van der Waals surface area contributed by atoms with Gasteiger partial charge in [-0.05, 0) is 83.4 Å². The van der Waals surface area contributed by atoms with E-state index in [1.54, 1.807) is 18.2 Å². The molecule has 1 atom stereocenters. The molecule has 2 fully saturated rings. The van der Waals surface area contributed by atoms with Gasteiger partial charge in [-0.3, -0.25) is 4.79 Å². The number of hydrogen-bond acceptors (Lipinski definition) is 5. The van der Waals surface area contributed by atoms with Crippen molar-refractivity contribution in [2.24, 2.45) is 5.92 Å². The number of carbonyl (C=O) groups is 1. The maximum atomic E-state index is 13.2. The van der Waals surface area contributed by atoms with Crippen LogP contribution in [0.3, 0.4) is 0 Å². The SMILES string of the molecule is CCOc1ccc(S(=O)(=O)N2CCC[C@@H](C(=O)NC3CCN(C)CC3)C2)cc1C. The highest BCUT2D eigenvalue weighted by molar-refractivity contribution is 7.89. The first kappa shape index (κ1) is 22.1. The number of rotatable bonds is 6. The molecule has 0 aromatic heterocycles. The van der Waals surface area contributed by atoms with Crippen LogP contribution in [0.4, 0.5) is 0 Å². The first-order valence-corrected chi connectivity index (χ1v) is 12.0. The van der Waals surface area contributed by atoms with Crippen LogP contribution < -0.4 is 10.1 Å². The summed E-state index contributed by atoms with van der Waals surface area (Å²) in [6.45, 7) is 6.93. The molecule has 1 aromatic rings. The van der Waals surface area contributed by atoms with Crippen molar-refractivity contribution in [3.63, 3.8) is 0 Å². The Hall–Kier alpha value is -1.64. The molecule has 3 rings (SSSR count). The summed E-state index contributed by atoms with van der Waals surface area (Å²) in [4.78, 5) is 15.3.